The topological polar surface area (TPSA) is 15.7 Å². The van der Waals surface area contributed by atoms with Crippen LogP contribution in [0.5, 0.6) is 0 Å². The molecule has 0 bridgehead atoms. The minimum absolute atomic E-state index is 0.699. The molecule has 0 aliphatic carbocycles. The van der Waals surface area contributed by atoms with Gasteiger partial charge in [-0.25, -0.2) is 0 Å². The van der Waals surface area contributed by atoms with Crippen LogP contribution in [0.25, 0.3) is 0 Å². The maximum atomic E-state index is 5.37. The Labute approximate surface area is 109 Å². The summed E-state index contributed by atoms with van der Waals surface area (Å²) in [7, 11) is -0.699. The minimum Gasteiger partial charge on any atom is -0.378 e. The van der Waals surface area contributed by atoms with E-state index in [-0.39, 0.29) is 0 Å². The van der Waals surface area contributed by atoms with Gasteiger partial charge >= 0.3 is 0 Å². The number of hydrogen-bond donors (Lipinski definition) is 0. The van der Waals surface area contributed by atoms with E-state index in [2.05, 4.69) is 48.6 Å². The summed E-state index contributed by atoms with van der Waals surface area (Å²) in [5.41, 5.74) is 2.38. The molecule has 0 atom stereocenters. The average molecular weight is 257 g/mol. The molecule has 101 valence electrons. The highest BCUT2D eigenvalue weighted by Gasteiger charge is 2.21. The molecule has 0 aliphatic heterocycles. The lowest BCUT2D eigenvalue weighted by atomic mass is 10.7. The highest BCUT2D eigenvalue weighted by Crippen LogP contribution is 2.03. The third-order valence-electron chi connectivity index (χ3n) is 2.86. The second-order valence-electron chi connectivity index (χ2n) is 3.76. The predicted molar refractivity (Wildman–Crippen MR) is 77.2 cm³/mol. The Morgan fingerprint density at radius 2 is 1.35 bits per heavy atom. The zero-order valence-electron chi connectivity index (χ0n) is 12.2. The Hall–Kier alpha value is -0.163. The van der Waals surface area contributed by atoms with E-state index >= 15 is 0 Å². The summed E-state index contributed by atoms with van der Waals surface area (Å²) in [5, 5.41) is 0. The van der Waals surface area contributed by atoms with E-state index in [1.54, 1.807) is 0 Å². The molecule has 0 rings (SSSR count). The normalized spacial score (nSPS) is 12.5. The molecule has 0 saturated carbocycles. The van der Waals surface area contributed by atoms with Crippen LogP contribution in [0, 0.1) is 0 Å². The number of rotatable bonds is 10. The average Bonchev–Trinajstić information content (AvgIpc) is 2.36. The Bertz CT molecular complexity index is 180. The molecular weight excluding hydrogens is 228 g/mol. The van der Waals surface area contributed by atoms with Crippen molar-refractivity contribution in [3.63, 3.8) is 0 Å². The summed E-state index contributed by atoms with van der Waals surface area (Å²) in [6.07, 6.45) is 2.19. The van der Waals surface area contributed by atoms with E-state index in [9.17, 15) is 0 Å². The van der Waals surface area contributed by atoms with Gasteiger partial charge in [-0.15, -0.1) is 0 Å². The molecule has 0 aromatic rings. The van der Waals surface area contributed by atoms with Gasteiger partial charge in [0.15, 0.2) is 0 Å². The molecule has 0 amide bonds. The maximum Gasteiger partial charge on any atom is 0.258 e. The van der Waals surface area contributed by atoms with Crippen molar-refractivity contribution in [2.24, 2.45) is 0 Å². The number of nitrogens with zero attached hydrogens (tertiary/aromatic N) is 2. The van der Waals surface area contributed by atoms with Crippen molar-refractivity contribution in [2.75, 3.05) is 39.4 Å². The van der Waals surface area contributed by atoms with Gasteiger partial charge in [0.2, 0.25) is 0 Å². The van der Waals surface area contributed by atoms with E-state index < -0.39 is 9.12 Å². The van der Waals surface area contributed by atoms with Crippen molar-refractivity contribution in [3.8, 4) is 0 Å². The summed E-state index contributed by atoms with van der Waals surface area (Å²) in [6.45, 7) is 17.1. The van der Waals surface area contributed by atoms with Gasteiger partial charge in [0, 0.05) is 6.61 Å². The second kappa shape index (κ2) is 11.0. The van der Waals surface area contributed by atoms with Crippen LogP contribution in [0.2, 0.25) is 0 Å². The largest absolute Gasteiger partial charge is 0.378 e. The molecule has 0 spiro atoms. The van der Waals surface area contributed by atoms with Crippen LogP contribution in [-0.4, -0.2) is 57.6 Å². The van der Waals surface area contributed by atoms with Crippen molar-refractivity contribution in [1.29, 1.82) is 0 Å². The van der Waals surface area contributed by atoms with Crippen LogP contribution in [0.15, 0.2) is 11.8 Å². The zero-order chi connectivity index (χ0) is 13.1. The first-order valence-electron chi connectivity index (χ1n) is 6.86. The summed E-state index contributed by atoms with van der Waals surface area (Å²) < 4.78 is 10.5. The first kappa shape index (κ1) is 16.8. The van der Waals surface area contributed by atoms with Gasteiger partial charge in [0.25, 0.3) is 9.12 Å². The highest BCUT2D eigenvalue weighted by atomic mass is 28.3. The summed E-state index contributed by atoms with van der Waals surface area (Å²) >= 11 is 0. The van der Waals surface area contributed by atoms with Crippen LogP contribution in [0.4, 0.5) is 0 Å². The SMILES string of the molecule is CCOCC=C[Si](N(CC)CC)N(CC)CC. The van der Waals surface area contributed by atoms with Crippen molar-refractivity contribution >= 4 is 9.12 Å². The van der Waals surface area contributed by atoms with Crippen LogP contribution in [0.3, 0.4) is 0 Å². The molecule has 1 radical (unpaired) electrons. The zero-order valence-corrected chi connectivity index (χ0v) is 13.2. The molecule has 4 heteroatoms. The lowest BCUT2D eigenvalue weighted by Crippen LogP contribution is -2.51. The highest BCUT2D eigenvalue weighted by molar-refractivity contribution is 6.58. The molecule has 0 aliphatic rings. The number of hydrogen-bond acceptors (Lipinski definition) is 3. The van der Waals surface area contributed by atoms with E-state index in [1.807, 2.05) is 6.92 Å². The van der Waals surface area contributed by atoms with Gasteiger partial charge in [-0.3, -0.25) is 0 Å². The molecule has 0 unspecified atom stereocenters. The molecular formula is C13H29N2OSi. The lowest BCUT2D eigenvalue weighted by Gasteiger charge is -2.33. The van der Waals surface area contributed by atoms with Crippen molar-refractivity contribution in [3.05, 3.63) is 11.8 Å². The molecule has 0 saturated heterocycles. The third-order valence-corrected chi connectivity index (χ3v) is 5.95. The monoisotopic (exact) mass is 257 g/mol. The van der Waals surface area contributed by atoms with Crippen molar-refractivity contribution < 1.29 is 4.74 Å². The minimum atomic E-state index is -0.699. The maximum absolute atomic E-state index is 5.37. The molecule has 0 fully saturated rings. The Kier molecular flexibility index (Phi) is 10.9. The van der Waals surface area contributed by atoms with Crippen LogP contribution < -0.4 is 0 Å². The molecule has 0 aromatic heterocycles. The summed E-state index contributed by atoms with van der Waals surface area (Å²) in [6, 6.07) is 0. The quantitative estimate of drug-likeness (QED) is 0.441. The van der Waals surface area contributed by atoms with E-state index in [0.29, 0.717) is 0 Å². The van der Waals surface area contributed by atoms with Crippen molar-refractivity contribution in [2.45, 2.75) is 34.6 Å². The first-order chi connectivity index (χ1) is 8.24. The summed E-state index contributed by atoms with van der Waals surface area (Å²) in [4.78, 5) is 0. The van der Waals surface area contributed by atoms with Crippen LogP contribution in [-0.2, 0) is 4.74 Å². The third kappa shape index (κ3) is 6.36. The standard InChI is InChI=1S/C13H29N2OSi/c1-6-14(7-2)17(15(8-3)9-4)13-11-12-16-10-5/h11,13H,6-10,12H2,1-5H3. The van der Waals surface area contributed by atoms with Crippen LogP contribution in [0.1, 0.15) is 34.6 Å². The smallest absolute Gasteiger partial charge is 0.258 e. The van der Waals surface area contributed by atoms with E-state index in [4.69, 9.17) is 4.74 Å². The van der Waals surface area contributed by atoms with E-state index in [1.165, 1.54) is 0 Å². The fraction of sp³-hybridized carbons (Fsp3) is 0.846. The molecule has 17 heavy (non-hydrogen) atoms. The predicted octanol–water partition coefficient (Wildman–Crippen LogP) is 2.29. The van der Waals surface area contributed by atoms with Gasteiger partial charge in [0.1, 0.15) is 0 Å². The van der Waals surface area contributed by atoms with E-state index in [0.717, 1.165) is 39.4 Å². The fourth-order valence-corrected chi connectivity index (χ4v) is 4.27. The first-order valence-corrected chi connectivity index (χ1v) is 8.33. The Morgan fingerprint density at radius 3 is 1.71 bits per heavy atom. The second-order valence-corrected chi connectivity index (χ2v) is 6.08. The fourth-order valence-electron chi connectivity index (χ4n) is 1.85. The van der Waals surface area contributed by atoms with Crippen LogP contribution >= 0.6 is 0 Å². The lowest BCUT2D eigenvalue weighted by molar-refractivity contribution is 0.177. The molecule has 0 aromatic carbocycles. The van der Waals surface area contributed by atoms with Gasteiger partial charge in [-0.2, -0.15) is 0 Å². The molecule has 0 heterocycles. The Morgan fingerprint density at radius 1 is 0.882 bits per heavy atom. The Balaban J connectivity index is 4.53. The van der Waals surface area contributed by atoms with Gasteiger partial charge in [-0.1, -0.05) is 39.5 Å². The van der Waals surface area contributed by atoms with Gasteiger partial charge in [-0.05, 0) is 33.1 Å². The molecule has 0 N–H and O–H groups in total. The van der Waals surface area contributed by atoms with Gasteiger partial charge < -0.3 is 13.9 Å². The molecule has 3 nitrogen and oxygen atoms in total. The van der Waals surface area contributed by atoms with Crippen molar-refractivity contribution in [1.82, 2.24) is 9.13 Å². The number of ether oxygens (including phenoxy) is 1. The van der Waals surface area contributed by atoms with Gasteiger partial charge in [0.05, 0.1) is 6.61 Å². The summed E-state index contributed by atoms with van der Waals surface area (Å²) in [5.74, 6) is 0.